The number of nitrogens with one attached hydrogen (secondary N) is 2. The predicted octanol–water partition coefficient (Wildman–Crippen LogP) is 2.78. The number of hydrogen-bond donors (Lipinski definition) is 2. The first-order valence-electron chi connectivity index (χ1n) is 6.58. The van der Waals surface area contributed by atoms with Gasteiger partial charge in [0.2, 0.25) is 0 Å². The molecule has 1 aliphatic rings. The summed E-state index contributed by atoms with van der Waals surface area (Å²) in [7, 11) is 0. The van der Waals surface area contributed by atoms with Crippen molar-refractivity contribution in [2.75, 3.05) is 19.6 Å². The Morgan fingerprint density at radius 3 is 2.88 bits per heavy atom. The zero-order valence-corrected chi connectivity index (χ0v) is 12.0. The summed E-state index contributed by atoms with van der Waals surface area (Å²) < 4.78 is 0. The maximum absolute atomic E-state index is 3.66. The highest BCUT2D eigenvalue weighted by Gasteiger charge is 2.36. The van der Waals surface area contributed by atoms with Gasteiger partial charge in [-0.1, -0.05) is 13.8 Å². The van der Waals surface area contributed by atoms with Gasteiger partial charge in [0.15, 0.2) is 0 Å². The summed E-state index contributed by atoms with van der Waals surface area (Å²) in [6.07, 6.45) is 1.31. The molecule has 1 unspecified atom stereocenters. The molecule has 0 saturated carbocycles. The van der Waals surface area contributed by atoms with E-state index in [1.165, 1.54) is 30.0 Å². The molecule has 0 aliphatic carbocycles. The molecule has 1 atom stereocenters. The quantitative estimate of drug-likeness (QED) is 0.842. The molecular formula is C14H24N2S. The van der Waals surface area contributed by atoms with Crippen molar-refractivity contribution in [3.63, 3.8) is 0 Å². The van der Waals surface area contributed by atoms with Gasteiger partial charge in [-0.15, -0.1) is 11.3 Å². The second kappa shape index (κ2) is 5.51. The van der Waals surface area contributed by atoms with E-state index in [0.29, 0.717) is 5.41 Å². The topological polar surface area (TPSA) is 24.1 Å². The van der Waals surface area contributed by atoms with Crippen molar-refractivity contribution in [1.29, 1.82) is 0 Å². The van der Waals surface area contributed by atoms with Crippen LogP contribution in [0.2, 0.25) is 0 Å². The summed E-state index contributed by atoms with van der Waals surface area (Å²) in [4.78, 5) is 1.48. The second-order valence-corrected chi connectivity index (χ2v) is 6.57. The summed E-state index contributed by atoms with van der Waals surface area (Å²) in [6.45, 7) is 11.4. The molecule has 0 spiro atoms. The first-order valence-corrected chi connectivity index (χ1v) is 7.46. The molecule has 2 N–H and O–H groups in total. The van der Waals surface area contributed by atoms with Crippen molar-refractivity contribution in [2.45, 2.75) is 33.7 Å². The summed E-state index contributed by atoms with van der Waals surface area (Å²) in [5, 5.41) is 9.36. The molecular weight excluding hydrogens is 228 g/mol. The van der Waals surface area contributed by atoms with E-state index in [2.05, 4.69) is 42.9 Å². The Labute approximate surface area is 109 Å². The fraction of sp³-hybridized carbons (Fsp3) is 0.714. The third kappa shape index (κ3) is 2.90. The van der Waals surface area contributed by atoms with Crippen LogP contribution in [0.5, 0.6) is 0 Å². The standard InChI is InChI=1S/C14H24N2S/c1-11(2)14(5-6-15-9-14)10-16-8-13-12(3)4-7-17-13/h4,7,11,15-16H,5-6,8-10H2,1-3H3. The largest absolute Gasteiger partial charge is 0.316 e. The molecule has 0 bridgehead atoms. The van der Waals surface area contributed by atoms with Crippen molar-refractivity contribution >= 4 is 11.3 Å². The lowest BCUT2D eigenvalue weighted by molar-refractivity contribution is 0.208. The van der Waals surface area contributed by atoms with Crippen molar-refractivity contribution in [2.24, 2.45) is 11.3 Å². The van der Waals surface area contributed by atoms with Crippen LogP contribution in [0.15, 0.2) is 11.4 Å². The normalized spacial score (nSPS) is 24.7. The maximum atomic E-state index is 3.66. The molecule has 0 aromatic carbocycles. The van der Waals surface area contributed by atoms with Crippen LogP contribution in [0.3, 0.4) is 0 Å². The average molecular weight is 252 g/mol. The van der Waals surface area contributed by atoms with E-state index in [0.717, 1.165) is 19.0 Å². The van der Waals surface area contributed by atoms with Gasteiger partial charge in [-0.3, -0.25) is 0 Å². The number of aryl methyl sites for hydroxylation is 1. The van der Waals surface area contributed by atoms with Crippen molar-refractivity contribution in [3.05, 3.63) is 21.9 Å². The molecule has 1 aromatic rings. The fourth-order valence-electron chi connectivity index (χ4n) is 2.62. The zero-order valence-electron chi connectivity index (χ0n) is 11.2. The van der Waals surface area contributed by atoms with Crippen molar-refractivity contribution < 1.29 is 0 Å². The molecule has 2 heterocycles. The van der Waals surface area contributed by atoms with Crippen LogP contribution in [0, 0.1) is 18.3 Å². The Kier molecular flexibility index (Phi) is 4.23. The summed E-state index contributed by atoms with van der Waals surface area (Å²) in [5.74, 6) is 0.745. The molecule has 1 aromatic heterocycles. The predicted molar refractivity (Wildman–Crippen MR) is 75.5 cm³/mol. The van der Waals surface area contributed by atoms with Crippen LogP contribution in [0.25, 0.3) is 0 Å². The lowest BCUT2D eigenvalue weighted by atomic mass is 9.76. The highest BCUT2D eigenvalue weighted by atomic mass is 32.1. The minimum atomic E-state index is 0.463. The summed E-state index contributed by atoms with van der Waals surface area (Å²) in [5.41, 5.74) is 1.89. The van der Waals surface area contributed by atoms with E-state index in [9.17, 15) is 0 Å². The number of rotatable bonds is 5. The van der Waals surface area contributed by atoms with Gasteiger partial charge in [-0.05, 0) is 48.2 Å². The van der Waals surface area contributed by atoms with Crippen LogP contribution >= 0.6 is 11.3 Å². The van der Waals surface area contributed by atoms with E-state index in [-0.39, 0.29) is 0 Å². The van der Waals surface area contributed by atoms with Crippen molar-refractivity contribution in [3.8, 4) is 0 Å². The average Bonchev–Trinajstić information content (AvgIpc) is 2.90. The molecule has 0 radical (unpaired) electrons. The van der Waals surface area contributed by atoms with Crippen LogP contribution in [-0.4, -0.2) is 19.6 Å². The summed E-state index contributed by atoms with van der Waals surface area (Å²) >= 11 is 1.86. The molecule has 3 heteroatoms. The fourth-order valence-corrected chi connectivity index (χ4v) is 3.50. The third-order valence-electron chi connectivity index (χ3n) is 4.23. The van der Waals surface area contributed by atoms with Gasteiger partial charge >= 0.3 is 0 Å². The van der Waals surface area contributed by atoms with Gasteiger partial charge < -0.3 is 10.6 Å². The Morgan fingerprint density at radius 1 is 1.53 bits per heavy atom. The second-order valence-electron chi connectivity index (χ2n) is 5.57. The molecule has 2 nitrogen and oxygen atoms in total. The minimum absolute atomic E-state index is 0.463. The van der Waals surface area contributed by atoms with Crippen LogP contribution in [-0.2, 0) is 6.54 Å². The molecule has 96 valence electrons. The Hall–Kier alpha value is -0.380. The molecule has 0 amide bonds. The molecule has 1 saturated heterocycles. The van der Waals surface area contributed by atoms with E-state index in [1.54, 1.807) is 0 Å². The lowest BCUT2D eigenvalue weighted by Gasteiger charge is -2.33. The highest BCUT2D eigenvalue weighted by Crippen LogP contribution is 2.33. The van der Waals surface area contributed by atoms with Gasteiger partial charge in [0, 0.05) is 24.5 Å². The molecule has 2 rings (SSSR count). The number of hydrogen-bond acceptors (Lipinski definition) is 3. The van der Waals surface area contributed by atoms with E-state index in [1.807, 2.05) is 11.3 Å². The molecule has 1 fully saturated rings. The van der Waals surface area contributed by atoms with Gasteiger partial charge in [0.05, 0.1) is 0 Å². The lowest BCUT2D eigenvalue weighted by Crippen LogP contribution is -2.40. The van der Waals surface area contributed by atoms with Gasteiger partial charge in [-0.25, -0.2) is 0 Å². The number of thiophene rings is 1. The first-order chi connectivity index (χ1) is 8.14. The van der Waals surface area contributed by atoms with E-state index < -0.39 is 0 Å². The third-order valence-corrected chi connectivity index (χ3v) is 5.26. The van der Waals surface area contributed by atoms with E-state index in [4.69, 9.17) is 0 Å². The monoisotopic (exact) mass is 252 g/mol. The Balaban J connectivity index is 1.86. The van der Waals surface area contributed by atoms with Crippen LogP contribution in [0.4, 0.5) is 0 Å². The van der Waals surface area contributed by atoms with Crippen LogP contribution in [0.1, 0.15) is 30.7 Å². The highest BCUT2D eigenvalue weighted by molar-refractivity contribution is 7.10. The SMILES string of the molecule is Cc1ccsc1CNCC1(C(C)C)CCNC1. The first kappa shape index (κ1) is 13.1. The van der Waals surface area contributed by atoms with Gasteiger partial charge in [0.25, 0.3) is 0 Å². The van der Waals surface area contributed by atoms with E-state index >= 15 is 0 Å². The Bertz CT molecular complexity index is 351. The molecule has 1 aliphatic heterocycles. The molecule has 17 heavy (non-hydrogen) atoms. The minimum Gasteiger partial charge on any atom is -0.316 e. The zero-order chi connectivity index (χ0) is 12.3. The summed E-state index contributed by atoms with van der Waals surface area (Å²) in [6, 6.07) is 2.21. The smallest absolute Gasteiger partial charge is 0.0302 e. The Morgan fingerprint density at radius 2 is 2.35 bits per heavy atom. The van der Waals surface area contributed by atoms with Crippen molar-refractivity contribution in [1.82, 2.24) is 10.6 Å². The maximum Gasteiger partial charge on any atom is 0.0302 e. The van der Waals surface area contributed by atoms with Crippen LogP contribution < -0.4 is 10.6 Å². The van der Waals surface area contributed by atoms with Gasteiger partial charge in [-0.2, -0.15) is 0 Å². The van der Waals surface area contributed by atoms with Gasteiger partial charge in [0.1, 0.15) is 0 Å².